The van der Waals surface area contributed by atoms with E-state index in [0.717, 1.165) is 27.8 Å². The summed E-state index contributed by atoms with van der Waals surface area (Å²) in [6, 6.07) is 15.5. The van der Waals surface area contributed by atoms with Crippen molar-refractivity contribution in [3.63, 3.8) is 0 Å². The number of nitrogen functional groups attached to an aromatic ring is 1. The summed E-state index contributed by atoms with van der Waals surface area (Å²) in [4.78, 5) is 21.3. The van der Waals surface area contributed by atoms with Crippen molar-refractivity contribution in [1.29, 1.82) is 0 Å². The van der Waals surface area contributed by atoms with Crippen molar-refractivity contribution in [3.05, 3.63) is 67.1 Å². The van der Waals surface area contributed by atoms with E-state index in [0.29, 0.717) is 11.3 Å². The first-order chi connectivity index (χ1) is 13.8. The summed E-state index contributed by atoms with van der Waals surface area (Å²) < 4.78 is 7.21. The second-order valence-corrected chi connectivity index (χ2v) is 7.83. The number of hydrogen-bond acceptors (Lipinski definition) is 5. The number of aromatic nitrogens is 3. The molecule has 0 bridgehead atoms. The van der Waals surface area contributed by atoms with Gasteiger partial charge in [0, 0.05) is 23.3 Å². The van der Waals surface area contributed by atoms with Gasteiger partial charge < -0.3 is 10.5 Å². The second-order valence-electron chi connectivity index (χ2n) is 7.83. The van der Waals surface area contributed by atoms with Crippen LogP contribution in [0.4, 0.5) is 10.6 Å². The Hall–Kier alpha value is -3.67. The van der Waals surface area contributed by atoms with Crippen LogP contribution in [0.3, 0.4) is 0 Å². The number of carbonyl (C=O) groups excluding carboxylic acids is 1. The number of anilines is 1. The largest absolute Gasteiger partial charge is 0.443 e. The molecule has 0 saturated heterocycles. The van der Waals surface area contributed by atoms with Crippen LogP contribution in [0.5, 0.6) is 0 Å². The molecule has 6 heteroatoms. The third-order valence-corrected chi connectivity index (χ3v) is 4.48. The molecule has 3 heterocycles. The zero-order valence-corrected chi connectivity index (χ0v) is 16.6. The summed E-state index contributed by atoms with van der Waals surface area (Å²) in [5.74, 6) is 0.487. The van der Waals surface area contributed by atoms with Gasteiger partial charge in [-0.15, -0.1) is 0 Å². The van der Waals surface area contributed by atoms with Crippen LogP contribution < -0.4 is 5.73 Å². The minimum atomic E-state index is -0.598. The molecule has 0 fully saturated rings. The van der Waals surface area contributed by atoms with Crippen molar-refractivity contribution >= 4 is 22.8 Å². The molecule has 3 aromatic heterocycles. The Morgan fingerprint density at radius 3 is 2.31 bits per heavy atom. The van der Waals surface area contributed by atoms with Crippen LogP contribution in [0.15, 0.2) is 67.1 Å². The molecule has 4 rings (SSSR count). The van der Waals surface area contributed by atoms with E-state index in [-0.39, 0.29) is 0 Å². The molecule has 29 heavy (non-hydrogen) atoms. The van der Waals surface area contributed by atoms with E-state index < -0.39 is 11.7 Å². The lowest BCUT2D eigenvalue weighted by molar-refractivity contribution is 0.0547. The number of benzene rings is 1. The van der Waals surface area contributed by atoms with Crippen molar-refractivity contribution in [2.45, 2.75) is 26.4 Å². The lowest BCUT2D eigenvalue weighted by Crippen LogP contribution is -2.27. The maximum absolute atomic E-state index is 12.9. The van der Waals surface area contributed by atoms with Gasteiger partial charge in [0.25, 0.3) is 0 Å². The fraction of sp³-hybridized carbons (Fsp3) is 0.174. The van der Waals surface area contributed by atoms with Crippen molar-refractivity contribution in [2.75, 3.05) is 5.73 Å². The summed E-state index contributed by atoms with van der Waals surface area (Å²) in [5.41, 5.74) is 9.43. The normalized spacial score (nSPS) is 11.6. The Balaban J connectivity index is 1.78. The monoisotopic (exact) mass is 386 g/mol. The maximum atomic E-state index is 12.9. The fourth-order valence-electron chi connectivity index (χ4n) is 3.17. The summed E-state index contributed by atoms with van der Waals surface area (Å²) in [6.07, 6.45) is 4.70. The third-order valence-electron chi connectivity index (χ3n) is 4.48. The van der Waals surface area contributed by atoms with Gasteiger partial charge in [0.05, 0.1) is 17.4 Å². The van der Waals surface area contributed by atoms with Gasteiger partial charge in [0.15, 0.2) is 0 Å². The molecule has 1 aromatic carbocycles. The quantitative estimate of drug-likeness (QED) is 0.516. The zero-order chi connectivity index (χ0) is 20.6. The molecule has 0 aliphatic rings. The molecule has 0 saturated carbocycles. The standard InChI is InChI=1S/C23H22N4O2/c1-23(2,3)29-22(28)27-19(12-17-10-11-25-14-20(17)27)16-6-4-15(5-7-16)18-8-9-21(24)26-13-18/h4-14H,1-3H3,(H2,24,26). The molecule has 2 N–H and O–H groups in total. The maximum Gasteiger partial charge on any atom is 0.419 e. The van der Waals surface area contributed by atoms with Crippen molar-refractivity contribution < 1.29 is 9.53 Å². The molecule has 0 aliphatic carbocycles. The van der Waals surface area contributed by atoms with Crippen LogP contribution in [0.1, 0.15) is 20.8 Å². The average Bonchev–Trinajstić information content (AvgIpc) is 3.07. The van der Waals surface area contributed by atoms with Crippen LogP contribution in [0, 0.1) is 0 Å². The van der Waals surface area contributed by atoms with Gasteiger partial charge in [-0.05, 0) is 56.2 Å². The van der Waals surface area contributed by atoms with E-state index in [4.69, 9.17) is 10.5 Å². The third kappa shape index (κ3) is 3.82. The topological polar surface area (TPSA) is 83.0 Å². The Bertz CT molecular complexity index is 1170. The summed E-state index contributed by atoms with van der Waals surface area (Å²) in [5, 5.41) is 0.924. The van der Waals surface area contributed by atoms with Crippen LogP contribution in [-0.4, -0.2) is 26.2 Å². The van der Waals surface area contributed by atoms with E-state index in [1.807, 2.05) is 63.2 Å². The number of hydrogen-bond donors (Lipinski definition) is 1. The highest BCUT2D eigenvalue weighted by molar-refractivity contribution is 5.96. The van der Waals surface area contributed by atoms with E-state index in [1.165, 1.54) is 0 Å². The first-order valence-corrected chi connectivity index (χ1v) is 9.33. The van der Waals surface area contributed by atoms with E-state index in [2.05, 4.69) is 9.97 Å². The SMILES string of the molecule is CC(C)(C)OC(=O)n1c(-c2ccc(-c3ccc(N)nc3)cc2)cc2ccncc21. The molecule has 6 nitrogen and oxygen atoms in total. The molecule has 4 aromatic rings. The number of pyridine rings is 2. The van der Waals surface area contributed by atoms with Crippen molar-refractivity contribution in [1.82, 2.24) is 14.5 Å². The number of nitrogens with two attached hydrogens (primary N) is 1. The molecule has 0 unspecified atom stereocenters. The van der Waals surface area contributed by atoms with Crippen molar-refractivity contribution in [3.8, 4) is 22.4 Å². The van der Waals surface area contributed by atoms with Crippen LogP contribution in [-0.2, 0) is 4.74 Å². The van der Waals surface area contributed by atoms with Gasteiger partial charge in [-0.25, -0.2) is 14.3 Å². The Labute approximate surface area is 169 Å². The van der Waals surface area contributed by atoms with Gasteiger partial charge in [-0.3, -0.25) is 4.98 Å². The average molecular weight is 386 g/mol. The van der Waals surface area contributed by atoms with Gasteiger partial charge >= 0.3 is 6.09 Å². The molecule has 0 spiro atoms. The molecule has 0 amide bonds. The Morgan fingerprint density at radius 1 is 0.966 bits per heavy atom. The van der Waals surface area contributed by atoms with Gasteiger partial charge in [0.1, 0.15) is 11.4 Å². The molecule has 146 valence electrons. The zero-order valence-electron chi connectivity index (χ0n) is 16.6. The highest BCUT2D eigenvalue weighted by atomic mass is 16.6. The first kappa shape index (κ1) is 18.7. The summed E-state index contributed by atoms with van der Waals surface area (Å²) >= 11 is 0. The Kier molecular flexibility index (Phi) is 4.54. The molecular formula is C23H22N4O2. The number of rotatable bonds is 2. The van der Waals surface area contributed by atoms with E-state index in [9.17, 15) is 4.79 Å². The first-order valence-electron chi connectivity index (χ1n) is 9.33. The minimum Gasteiger partial charge on any atom is -0.443 e. The Morgan fingerprint density at radius 2 is 1.66 bits per heavy atom. The van der Waals surface area contributed by atoms with E-state index in [1.54, 1.807) is 29.2 Å². The van der Waals surface area contributed by atoms with Crippen molar-refractivity contribution in [2.24, 2.45) is 0 Å². The highest BCUT2D eigenvalue weighted by Gasteiger charge is 2.23. The number of nitrogens with zero attached hydrogens (tertiary/aromatic N) is 3. The lowest BCUT2D eigenvalue weighted by atomic mass is 10.0. The lowest BCUT2D eigenvalue weighted by Gasteiger charge is -2.21. The number of ether oxygens (including phenoxy) is 1. The molecular weight excluding hydrogens is 364 g/mol. The van der Waals surface area contributed by atoms with E-state index >= 15 is 0 Å². The van der Waals surface area contributed by atoms with Crippen LogP contribution in [0.25, 0.3) is 33.3 Å². The summed E-state index contributed by atoms with van der Waals surface area (Å²) in [6.45, 7) is 5.55. The van der Waals surface area contributed by atoms with Crippen LogP contribution in [0.2, 0.25) is 0 Å². The van der Waals surface area contributed by atoms with Crippen LogP contribution >= 0.6 is 0 Å². The number of carbonyl (C=O) groups is 1. The molecule has 0 atom stereocenters. The number of fused-ring (bicyclic) bond motifs is 1. The predicted molar refractivity (Wildman–Crippen MR) is 114 cm³/mol. The predicted octanol–water partition coefficient (Wildman–Crippen LogP) is 5.13. The smallest absolute Gasteiger partial charge is 0.419 e. The second kappa shape index (κ2) is 7.05. The highest BCUT2D eigenvalue weighted by Crippen LogP contribution is 2.30. The van der Waals surface area contributed by atoms with Gasteiger partial charge in [-0.1, -0.05) is 24.3 Å². The summed E-state index contributed by atoms with van der Waals surface area (Å²) in [7, 11) is 0. The van der Waals surface area contributed by atoms with Gasteiger partial charge in [-0.2, -0.15) is 0 Å². The fourth-order valence-corrected chi connectivity index (χ4v) is 3.17. The van der Waals surface area contributed by atoms with Gasteiger partial charge in [0.2, 0.25) is 0 Å². The molecule has 0 aliphatic heterocycles. The minimum absolute atomic E-state index is 0.428. The molecule has 0 radical (unpaired) electrons.